The molecular weight excluding hydrogens is 368 g/mol. The number of carbonyl (C=O) groups is 1. The summed E-state index contributed by atoms with van der Waals surface area (Å²) >= 11 is 0. The van der Waals surface area contributed by atoms with Gasteiger partial charge in [0.05, 0.1) is 24.4 Å². The molecule has 0 bridgehead atoms. The summed E-state index contributed by atoms with van der Waals surface area (Å²) in [6.45, 7) is 3.69. The Morgan fingerprint density at radius 1 is 1.10 bits per heavy atom. The summed E-state index contributed by atoms with van der Waals surface area (Å²) in [6.07, 6.45) is 15.0. The molecule has 0 spiro atoms. The van der Waals surface area contributed by atoms with Crippen molar-refractivity contribution >= 4 is 5.97 Å². The maximum absolute atomic E-state index is 11.5. The van der Waals surface area contributed by atoms with Crippen molar-refractivity contribution in [1.29, 1.82) is 0 Å². The Morgan fingerprint density at radius 2 is 1.83 bits per heavy atom. The van der Waals surface area contributed by atoms with E-state index in [4.69, 9.17) is 4.74 Å². The highest BCUT2D eigenvalue weighted by atomic mass is 16.5. The lowest BCUT2D eigenvalue weighted by Gasteiger charge is -2.25. The molecule has 0 aromatic heterocycles. The molecule has 2 fully saturated rings. The molecule has 0 aromatic rings. The van der Waals surface area contributed by atoms with Crippen LogP contribution in [-0.2, 0) is 9.53 Å². The molecule has 3 N–H and O–H groups in total. The third kappa shape index (κ3) is 8.23. The van der Waals surface area contributed by atoms with Crippen molar-refractivity contribution in [2.24, 2.45) is 17.8 Å². The first-order valence-corrected chi connectivity index (χ1v) is 11.5. The Bertz CT molecular complexity index is 535. The minimum atomic E-state index is -0.566. The summed E-state index contributed by atoms with van der Waals surface area (Å²) < 4.78 is 5.12. The summed E-state index contributed by atoms with van der Waals surface area (Å²) in [5, 5.41) is 31.2. The van der Waals surface area contributed by atoms with Gasteiger partial charge in [-0.05, 0) is 57.8 Å². The van der Waals surface area contributed by atoms with Gasteiger partial charge in [-0.15, -0.1) is 0 Å². The third-order valence-electron chi connectivity index (χ3n) is 6.27. The quantitative estimate of drug-likeness (QED) is 0.290. The highest BCUT2D eigenvalue weighted by Crippen LogP contribution is 2.37. The molecule has 0 aliphatic heterocycles. The van der Waals surface area contributed by atoms with E-state index in [1.165, 1.54) is 19.3 Å². The fourth-order valence-corrected chi connectivity index (χ4v) is 4.64. The molecule has 29 heavy (non-hydrogen) atoms. The second kappa shape index (κ2) is 12.5. The number of aliphatic hydroxyl groups is 3. The van der Waals surface area contributed by atoms with E-state index >= 15 is 0 Å². The summed E-state index contributed by atoms with van der Waals surface area (Å²) in [6, 6.07) is 0. The first kappa shape index (κ1) is 24.1. The standard InChI is InChI=1S/C24H40O5/c1-17(2)29-24(28)13-9-4-3-8-12-19-20(23(27)16-22(19)26)14-15-21(25)18-10-6-5-7-11-18/h3,8,14-15,17-23,25-27H,4-7,9-13,16H2,1-2H3/b8-3-,15-14+/t19-,20-,21?,22?,23?/m1/s1. The Kier molecular flexibility index (Phi) is 10.4. The summed E-state index contributed by atoms with van der Waals surface area (Å²) in [5.41, 5.74) is 0. The molecule has 0 aromatic carbocycles. The normalized spacial score (nSPS) is 29.9. The molecule has 3 unspecified atom stereocenters. The first-order chi connectivity index (χ1) is 13.9. The molecule has 2 aliphatic rings. The highest BCUT2D eigenvalue weighted by molar-refractivity contribution is 5.69. The van der Waals surface area contributed by atoms with E-state index in [2.05, 4.69) is 0 Å². The second-order valence-corrected chi connectivity index (χ2v) is 9.02. The molecule has 2 rings (SSSR count). The monoisotopic (exact) mass is 408 g/mol. The molecule has 0 radical (unpaired) electrons. The second-order valence-electron chi connectivity index (χ2n) is 9.02. The Balaban J connectivity index is 1.78. The summed E-state index contributed by atoms with van der Waals surface area (Å²) in [4.78, 5) is 11.5. The zero-order valence-corrected chi connectivity index (χ0v) is 18.1. The fraction of sp³-hybridized carbons (Fsp3) is 0.792. The van der Waals surface area contributed by atoms with Crippen LogP contribution in [0.4, 0.5) is 0 Å². The first-order valence-electron chi connectivity index (χ1n) is 11.5. The van der Waals surface area contributed by atoms with Gasteiger partial charge < -0.3 is 20.1 Å². The van der Waals surface area contributed by atoms with E-state index in [9.17, 15) is 20.1 Å². The molecule has 5 heteroatoms. The lowest BCUT2D eigenvalue weighted by molar-refractivity contribution is -0.147. The van der Waals surface area contributed by atoms with Gasteiger partial charge in [0, 0.05) is 18.8 Å². The largest absolute Gasteiger partial charge is 0.463 e. The summed E-state index contributed by atoms with van der Waals surface area (Å²) in [7, 11) is 0. The van der Waals surface area contributed by atoms with Crippen LogP contribution in [-0.4, -0.2) is 45.7 Å². The average Bonchev–Trinajstić information content (AvgIpc) is 2.95. The van der Waals surface area contributed by atoms with Crippen molar-refractivity contribution in [2.75, 3.05) is 0 Å². The van der Waals surface area contributed by atoms with Crippen molar-refractivity contribution in [3.8, 4) is 0 Å². The van der Waals surface area contributed by atoms with E-state index in [1.807, 2.05) is 38.2 Å². The number of carbonyl (C=O) groups excluding carboxylic acids is 1. The number of esters is 1. The van der Waals surface area contributed by atoms with Crippen LogP contribution in [0.2, 0.25) is 0 Å². The fourth-order valence-electron chi connectivity index (χ4n) is 4.64. The number of allylic oxidation sites excluding steroid dienone is 2. The van der Waals surface area contributed by atoms with Crippen molar-refractivity contribution in [3.63, 3.8) is 0 Å². The van der Waals surface area contributed by atoms with Crippen LogP contribution < -0.4 is 0 Å². The van der Waals surface area contributed by atoms with Gasteiger partial charge in [0.1, 0.15) is 0 Å². The topological polar surface area (TPSA) is 87.0 Å². The van der Waals surface area contributed by atoms with Gasteiger partial charge in [-0.2, -0.15) is 0 Å². The van der Waals surface area contributed by atoms with Crippen molar-refractivity contribution < 1.29 is 24.9 Å². The Hall–Kier alpha value is -1.17. The number of unbranched alkanes of at least 4 members (excludes halogenated alkanes) is 1. The number of rotatable bonds is 10. The average molecular weight is 409 g/mol. The number of ether oxygens (including phenoxy) is 1. The van der Waals surface area contributed by atoms with E-state index in [0.29, 0.717) is 25.2 Å². The lowest BCUT2D eigenvalue weighted by Crippen LogP contribution is -2.23. The molecule has 5 atom stereocenters. The molecule has 2 saturated carbocycles. The van der Waals surface area contributed by atoms with Gasteiger partial charge in [-0.3, -0.25) is 4.79 Å². The van der Waals surface area contributed by atoms with E-state index in [0.717, 1.165) is 25.7 Å². The van der Waals surface area contributed by atoms with E-state index < -0.39 is 18.3 Å². The number of hydrogen-bond donors (Lipinski definition) is 3. The van der Waals surface area contributed by atoms with Crippen LogP contribution in [0.3, 0.4) is 0 Å². The van der Waals surface area contributed by atoms with Gasteiger partial charge in [0.15, 0.2) is 0 Å². The molecular formula is C24H40O5. The van der Waals surface area contributed by atoms with Gasteiger partial charge in [-0.1, -0.05) is 43.6 Å². The maximum Gasteiger partial charge on any atom is 0.306 e. The summed E-state index contributed by atoms with van der Waals surface area (Å²) in [5.74, 6) is -0.00969. The van der Waals surface area contributed by atoms with Crippen LogP contribution in [0.1, 0.15) is 78.1 Å². The van der Waals surface area contributed by atoms with Crippen molar-refractivity contribution in [3.05, 3.63) is 24.3 Å². The van der Waals surface area contributed by atoms with Gasteiger partial charge in [0.25, 0.3) is 0 Å². The molecule has 5 nitrogen and oxygen atoms in total. The van der Waals surface area contributed by atoms with E-state index in [1.54, 1.807) is 0 Å². The molecule has 166 valence electrons. The SMILES string of the molecule is CC(C)OC(=O)CCC/C=C\C[C@H]1C(O)CC(O)[C@@H]1/C=C/C(O)C1CCCCC1. The van der Waals surface area contributed by atoms with Crippen LogP contribution in [0, 0.1) is 17.8 Å². The number of aliphatic hydroxyl groups excluding tert-OH is 3. The van der Waals surface area contributed by atoms with Crippen LogP contribution in [0.15, 0.2) is 24.3 Å². The predicted octanol–water partition coefficient (Wildman–Crippen LogP) is 3.91. The smallest absolute Gasteiger partial charge is 0.306 e. The van der Waals surface area contributed by atoms with Gasteiger partial charge in [0.2, 0.25) is 0 Å². The molecule has 0 saturated heterocycles. The predicted molar refractivity (Wildman–Crippen MR) is 114 cm³/mol. The van der Waals surface area contributed by atoms with Crippen LogP contribution in [0.5, 0.6) is 0 Å². The zero-order valence-electron chi connectivity index (χ0n) is 18.1. The highest BCUT2D eigenvalue weighted by Gasteiger charge is 2.39. The Labute approximate surface area is 175 Å². The van der Waals surface area contributed by atoms with Gasteiger partial charge in [-0.25, -0.2) is 0 Å². The molecule has 2 aliphatic carbocycles. The van der Waals surface area contributed by atoms with E-state index in [-0.39, 0.29) is 23.9 Å². The minimum Gasteiger partial charge on any atom is -0.463 e. The number of hydrogen-bond acceptors (Lipinski definition) is 5. The molecule has 0 heterocycles. The zero-order chi connectivity index (χ0) is 21.2. The van der Waals surface area contributed by atoms with Crippen LogP contribution in [0.25, 0.3) is 0 Å². The third-order valence-corrected chi connectivity index (χ3v) is 6.27. The maximum atomic E-state index is 11.5. The van der Waals surface area contributed by atoms with Crippen molar-refractivity contribution in [1.82, 2.24) is 0 Å². The molecule has 0 amide bonds. The Morgan fingerprint density at radius 3 is 2.52 bits per heavy atom. The van der Waals surface area contributed by atoms with Crippen LogP contribution >= 0.6 is 0 Å². The minimum absolute atomic E-state index is 0.0398. The van der Waals surface area contributed by atoms with Gasteiger partial charge >= 0.3 is 5.97 Å². The lowest BCUT2D eigenvalue weighted by atomic mass is 9.84. The van der Waals surface area contributed by atoms with Crippen molar-refractivity contribution in [2.45, 2.75) is 102 Å².